The molecule has 0 bridgehead atoms. The molecular formula is C14H12N4O2. The summed E-state index contributed by atoms with van der Waals surface area (Å²) in [7, 11) is 0. The van der Waals surface area contributed by atoms with Gasteiger partial charge in [0.1, 0.15) is 5.82 Å². The highest BCUT2D eigenvalue weighted by molar-refractivity contribution is 6.09. The monoisotopic (exact) mass is 268 g/mol. The number of aromatic nitrogens is 2. The Morgan fingerprint density at radius 3 is 2.65 bits per heavy atom. The molecule has 6 nitrogen and oxygen atoms in total. The maximum atomic E-state index is 12.2. The van der Waals surface area contributed by atoms with Crippen molar-refractivity contribution in [1.29, 1.82) is 0 Å². The van der Waals surface area contributed by atoms with Crippen LogP contribution in [0, 0.1) is 0 Å². The number of fused-ring (bicyclic) bond motifs is 1. The van der Waals surface area contributed by atoms with Crippen LogP contribution in [0.1, 0.15) is 16.2 Å². The van der Waals surface area contributed by atoms with Crippen molar-refractivity contribution in [2.75, 3.05) is 11.4 Å². The molecule has 0 unspecified atom stereocenters. The number of benzene rings is 1. The van der Waals surface area contributed by atoms with Crippen LogP contribution in [-0.4, -0.2) is 28.3 Å². The molecule has 1 aromatic heterocycles. The molecule has 0 spiro atoms. The summed E-state index contributed by atoms with van der Waals surface area (Å²) < 4.78 is 0. The topological polar surface area (TPSA) is 75.2 Å². The molecule has 1 N–H and O–H groups in total. The van der Waals surface area contributed by atoms with E-state index in [1.807, 2.05) is 0 Å². The van der Waals surface area contributed by atoms with E-state index in [1.165, 1.54) is 4.90 Å². The average molecular weight is 268 g/mol. The first-order valence-electron chi connectivity index (χ1n) is 6.19. The van der Waals surface area contributed by atoms with E-state index in [2.05, 4.69) is 15.3 Å². The lowest BCUT2D eigenvalue weighted by Gasteiger charge is -2.21. The molecule has 6 heteroatoms. The Morgan fingerprint density at radius 1 is 1.10 bits per heavy atom. The molecule has 0 radical (unpaired) electrons. The summed E-state index contributed by atoms with van der Waals surface area (Å²) in [6.07, 6.45) is 3.25. The predicted octanol–water partition coefficient (Wildman–Crippen LogP) is 0.753. The lowest BCUT2D eigenvalue weighted by Crippen LogP contribution is -2.36. The quantitative estimate of drug-likeness (QED) is 0.872. The number of carbonyl (C=O) groups excluding carboxylic acids is 2. The Labute approximate surface area is 115 Å². The number of hydrogen-bond acceptors (Lipinski definition) is 4. The second-order valence-corrected chi connectivity index (χ2v) is 4.34. The van der Waals surface area contributed by atoms with Gasteiger partial charge in [0.05, 0.1) is 24.3 Å². The van der Waals surface area contributed by atoms with Crippen LogP contribution in [0.3, 0.4) is 0 Å². The van der Waals surface area contributed by atoms with E-state index >= 15 is 0 Å². The smallest absolute Gasteiger partial charge is 0.253 e. The maximum Gasteiger partial charge on any atom is 0.253 e. The van der Waals surface area contributed by atoms with Crippen LogP contribution in [-0.2, 0) is 11.3 Å². The van der Waals surface area contributed by atoms with Gasteiger partial charge in [-0.25, -0.2) is 9.97 Å². The molecule has 3 rings (SSSR count). The molecule has 0 atom stereocenters. The van der Waals surface area contributed by atoms with Crippen molar-refractivity contribution >= 4 is 17.5 Å². The Bertz CT molecular complexity index is 657. The van der Waals surface area contributed by atoms with Crippen LogP contribution < -0.4 is 10.2 Å². The fourth-order valence-corrected chi connectivity index (χ4v) is 2.11. The first-order valence-corrected chi connectivity index (χ1v) is 6.19. The Morgan fingerprint density at radius 2 is 1.85 bits per heavy atom. The van der Waals surface area contributed by atoms with E-state index in [0.29, 0.717) is 17.1 Å². The minimum atomic E-state index is -0.245. The third-order valence-corrected chi connectivity index (χ3v) is 3.06. The van der Waals surface area contributed by atoms with Crippen molar-refractivity contribution in [3.8, 4) is 0 Å². The Kier molecular flexibility index (Phi) is 3.12. The molecule has 1 aromatic carbocycles. The van der Waals surface area contributed by atoms with Crippen LogP contribution in [0.2, 0.25) is 0 Å². The van der Waals surface area contributed by atoms with Crippen LogP contribution in [0.5, 0.6) is 0 Å². The molecular weight excluding hydrogens is 256 g/mol. The van der Waals surface area contributed by atoms with Gasteiger partial charge in [0.2, 0.25) is 5.91 Å². The van der Waals surface area contributed by atoms with Crippen molar-refractivity contribution in [3.63, 3.8) is 0 Å². The van der Waals surface area contributed by atoms with E-state index in [-0.39, 0.29) is 24.9 Å². The third kappa shape index (κ3) is 2.23. The van der Waals surface area contributed by atoms with Gasteiger partial charge < -0.3 is 10.2 Å². The average Bonchev–Trinajstić information content (AvgIpc) is 2.61. The summed E-state index contributed by atoms with van der Waals surface area (Å²) in [5.41, 5.74) is 1.06. The second kappa shape index (κ2) is 5.08. The van der Waals surface area contributed by atoms with Crippen molar-refractivity contribution < 1.29 is 9.59 Å². The van der Waals surface area contributed by atoms with Gasteiger partial charge in [-0.2, -0.15) is 0 Å². The number of nitrogens with one attached hydrogen (secondary N) is 1. The largest absolute Gasteiger partial charge is 0.343 e. The summed E-state index contributed by atoms with van der Waals surface area (Å²) in [4.78, 5) is 33.9. The number of hydrogen-bond donors (Lipinski definition) is 1. The summed E-state index contributed by atoms with van der Waals surface area (Å²) in [5, 5.41) is 2.60. The van der Waals surface area contributed by atoms with Crippen molar-refractivity contribution in [2.24, 2.45) is 0 Å². The van der Waals surface area contributed by atoms with Crippen LogP contribution in [0.25, 0.3) is 0 Å². The zero-order valence-electron chi connectivity index (χ0n) is 10.6. The predicted molar refractivity (Wildman–Crippen MR) is 72.0 cm³/mol. The van der Waals surface area contributed by atoms with E-state index in [9.17, 15) is 9.59 Å². The van der Waals surface area contributed by atoms with E-state index in [1.54, 1.807) is 42.7 Å². The Hall–Kier alpha value is -2.76. The molecule has 20 heavy (non-hydrogen) atoms. The number of nitrogens with zero attached hydrogens (tertiary/aromatic N) is 3. The van der Waals surface area contributed by atoms with Gasteiger partial charge in [-0.3, -0.25) is 9.59 Å². The van der Waals surface area contributed by atoms with Gasteiger partial charge in [0.25, 0.3) is 5.91 Å². The fourth-order valence-electron chi connectivity index (χ4n) is 2.11. The first-order chi connectivity index (χ1) is 9.75. The number of anilines is 1. The normalized spacial score (nSPS) is 14.5. The lowest BCUT2D eigenvalue weighted by atomic mass is 10.1. The van der Waals surface area contributed by atoms with Crippen molar-refractivity contribution in [2.45, 2.75) is 6.54 Å². The lowest BCUT2D eigenvalue weighted by molar-refractivity contribution is -0.117. The summed E-state index contributed by atoms with van der Waals surface area (Å²) in [5.74, 6) is 0.103. The minimum Gasteiger partial charge on any atom is -0.343 e. The zero-order valence-corrected chi connectivity index (χ0v) is 10.6. The second-order valence-electron chi connectivity index (χ2n) is 4.34. The van der Waals surface area contributed by atoms with E-state index in [4.69, 9.17) is 0 Å². The number of rotatable bonds is 2. The van der Waals surface area contributed by atoms with Crippen LogP contribution in [0.4, 0.5) is 5.69 Å². The van der Waals surface area contributed by atoms with Crippen molar-refractivity contribution in [3.05, 3.63) is 54.1 Å². The summed E-state index contributed by atoms with van der Waals surface area (Å²) in [6.45, 7) is 0.214. The standard InChI is InChI=1S/C14H12N4O2/c19-13-8-17-14(20)10-4-1-2-5-11(10)18(13)9-12-15-6-3-7-16-12/h1-7H,8-9H2,(H,17,20). The number of para-hydroxylation sites is 1. The van der Waals surface area contributed by atoms with Gasteiger partial charge >= 0.3 is 0 Å². The van der Waals surface area contributed by atoms with E-state index in [0.717, 1.165) is 0 Å². The van der Waals surface area contributed by atoms with E-state index < -0.39 is 0 Å². The van der Waals surface area contributed by atoms with Gasteiger partial charge in [-0.05, 0) is 18.2 Å². The van der Waals surface area contributed by atoms with Gasteiger partial charge in [-0.15, -0.1) is 0 Å². The van der Waals surface area contributed by atoms with Gasteiger partial charge in [0.15, 0.2) is 0 Å². The van der Waals surface area contributed by atoms with Gasteiger partial charge in [-0.1, -0.05) is 12.1 Å². The molecule has 2 amide bonds. The molecule has 0 saturated carbocycles. The highest BCUT2D eigenvalue weighted by Gasteiger charge is 2.26. The molecule has 0 fully saturated rings. The van der Waals surface area contributed by atoms with Gasteiger partial charge in [0, 0.05) is 12.4 Å². The zero-order chi connectivity index (χ0) is 13.9. The highest BCUT2D eigenvalue weighted by Crippen LogP contribution is 2.23. The van der Waals surface area contributed by atoms with Crippen LogP contribution in [0.15, 0.2) is 42.7 Å². The minimum absolute atomic E-state index is 0.0274. The van der Waals surface area contributed by atoms with Crippen molar-refractivity contribution in [1.82, 2.24) is 15.3 Å². The summed E-state index contributed by atoms with van der Waals surface area (Å²) in [6, 6.07) is 8.73. The molecule has 2 heterocycles. The molecule has 1 aliphatic rings. The number of amides is 2. The maximum absolute atomic E-state index is 12.2. The third-order valence-electron chi connectivity index (χ3n) is 3.06. The van der Waals surface area contributed by atoms with Crippen LogP contribution >= 0.6 is 0 Å². The Balaban J connectivity index is 2.01. The molecule has 1 aliphatic heterocycles. The molecule has 100 valence electrons. The molecule has 0 aliphatic carbocycles. The number of carbonyl (C=O) groups is 2. The fraction of sp³-hybridized carbons (Fsp3) is 0.143. The summed E-state index contributed by atoms with van der Waals surface area (Å²) >= 11 is 0. The molecule has 2 aromatic rings. The molecule has 0 saturated heterocycles. The SMILES string of the molecule is O=C1NCC(=O)N(Cc2ncccn2)c2ccccc21. The highest BCUT2D eigenvalue weighted by atomic mass is 16.2. The first kappa shape index (κ1) is 12.3.